The Kier molecular flexibility index (Phi) is 3.37. The highest BCUT2D eigenvalue weighted by molar-refractivity contribution is 6.28. The minimum atomic E-state index is 0.392. The Labute approximate surface area is 84.9 Å². The fraction of sp³-hybridized carbons (Fsp3) is 0.700. The lowest BCUT2D eigenvalue weighted by atomic mass is 10.1. The van der Waals surface area contributed by atoms with Gasteiger partial charge in [-0.15, -0.1) is 0 Å². The van der Waals surface area contributed by atoms with Crippen molar-refractivity contribution in [3.05, 3.63) is 17.2 Å². The molecule has 2 nitrogen and oxygen atoms in total. The van der Waals surface area contributed by atoms with E-state index in [0.29, 0.717) is 17.2 Å². The molecule has 1 heterocycles. The fourth-order valence-corrected chi connectivity index (χ4v) is 1.84. The van der Waals surface area contributed by atoms with E-state index in [-0.39, 0.29) is 0 Å². The molecule has 0 atom stereocenters. The second-order valence-corrected chi connectivity index (χ2v) is 4.42. The second-order valence-electron chi connectivity index (χ2n) is 4.08. The van der Waals surface area contributed by atoms with Crippen molar-refractivity contribution in [2.45, 2.75) is 40.2 Å². The van der Waals surface area contributed by atoms with Crippen LogP contribution in [-0.4, -0.2) is 9.55 Å². The zero-order valence-electron chi connectivity index (χ0n) is 8.71. The maximum absolute atomic E-state index is 5.98. The van der Waals surface area contributed by atoms with Crippen LogP contribution in [0.2, 0.25) is 5.28 Å². The van der Waals surface area contributed by atoms with Crippen LogP contribution in [0, 0.1) is 5.92 Å². The van der Waals surface area contributed by atoms with E-state index in [1.54, 1.807) is 0 Å². The molecule has 0 amide bonds. The van der Waals surface area contributed by atoms with E-state index in [1.165, 1.54) is 5.69 Å². The topological polar surface area (TPSA) is 17.8 Å². The summed E-state index contributed by atoms with van der Waals surface area (Å²) in [4.78, 5) is 4.12. The van der Waals surface area contributed by atoms with Gasteiger partial charge in [0.25, 0.3) is 0 Å². The highest BCUT2D eigenvalue weighted by Gasteiger charge is 2.11. The summed E-state index contributed by atoms with van der Waals surface area (Å²) >= 11 is 5.98. The molecule has 0 unspecified atom stereocenters. The zero-order valence-corrected chi connectivity index (χ0v) is 9.47. The molecule has 0 N–H and O–H groups in total. The van der Waals surface area contributed by atoms with Crippen LogP contribution in [0.1, 0.15) is 39.4 Å². The average Bonchev–Trinajstić information content (AvgIpc) is 2.30. The molecule has 0 aliphatic heterocycles. The largest absolute Gasteiger partial charge is 0.316 e. The van der Waals surface area contributed by atoms with Gasteiger partial charge in [-0.05, 0) is 37.8 Å². The number of hydrogen-bond donors (Lipinski definition) is 0. The number of nitrogens with zero attached hydrogens (tertiary/aromatic N) is 2. The Morgan fingerprint density at radius 2 is 2.00 bits per heavy atom. The molecule has 13 heavy (non-hydrogen) atoms. The first kappa shape index (κ1) is 10.6. The molecule has 0 aromatic carbocycles. The van der Waals surface area contributed by atoms with Gasteiger partial charge in [-0.25, -0.2) is 4.98 Å². The lowest BCUT2D eigenvalue weighted by Crippen LogP contribution is -2.07. The van der Waals surface area contributed by atoms with Crippen molar-refractivity contribution in [1.29, 1.82) is 0 Å². The summed E-state index contributed by atoms with van der Waals surface area (Å²) in [5.74, 6) is 0.644. The summed E-state index contributed by atoms with van der Waals surface area (Å²) < 4.78 is 2.08. The molecule has 0 aliphatic rings. The summed E-state index contributed by atoms with van der Waals surface area (Å²) in [5.41, 5.74) is 1.23. The molecular formula is C10H17ClN2. The number of rotatable bonds is 3. The molecule has 1 aromatic heterocycles. The molecule has 0 saturated heterocycles. The Morgan fingerprint density at radius 1 is 1.38 bits per heavy atom. The van der Waals surface area contributed by atoms with E-state index in [9.17, 15) is 0 Å². The van der Waals surface area contributed by atoms with Gasteiger partial charge in [0.15, 0.2) is 0 Å². The fourth-order valence-electron chi connectivity index (χ4n) is 1.48. The van der Waals surface area contributed by atoms with Gasteiger partial charge in [-0.1, -0.05) is 13.8 Å². The molecule has 1 rings (SSSR count). The van der Waals surface area contributed by atoms with Crippen molar-refractivity contribution in [2.75, 3.05) is 0 Å². The van der Waals surface area contributed by atoms with Crippen LogP contribution in [0.3, 0.4) is 0 Å². The lowest BCUT2D eigenvalue weighted by molar-refractivity contribution is 0.539. The van der Waals surface area contributed by atoms with Crippen LogP contribution >= 0.6 is 11.6 Å². The van der Waals surface area contributed by atoms with E-state index in [2.05, 4.69) is 37.2 Å². The van der Waals surface area contributed by atoms with Gasteiger partial charge in [0.1, 0.15) is 0 Å². The minimum Gasteiger partial charge on any atom is -0.316 e. The van der Waals surface area contributed by atoms with E-state index in [1.807, 2.05) is 6.20 Å². The molecule has 0 aliphatic carbocycles. The highest BCUT2D eigenvalue weighted by atomic mass is 35.5. The van der Waals surface area contributed by atoms with Crippen molar-refractivity contribution in [3.63, 3.8) is 0 Å². The first-order chi connectivity index (χ1) is 6.02. The maximum atomic E-state index is 5.98. The molecular weight excluding hydrogens is 184 g/mol. The third-order valence-electron chi connectivity index (χ3n) is 1.96. The number of aromatic nitrogens is 2. The van der Waals surface area contributed by atoms with Gasteiger partial charge in [-0.2, -0.15) is 0 Å². The van der Waals surface area contributed by atoms with E-state index >= 15 is 0 Å². The van der Waals surface area contributed by atoms with Crippen molar-refractivity contribution >= 4 is 11.6 Å². The molecule has 1 aromatic rings. The number of imidazole rings is 1. The van der Waals surface area contributed by atoms with Crippen LogP contribution in [0.15, 0.2) is 6.20 Å². The van der Waals surface area contributed by atoms with Crippen molar-refractivity contribution in [1.82, 2.24) is 9.55 Å². The Hall–Kier alpha value is -0.500. The zero-order chi connectivity index (χ0) is 10.0. The predicted octanol–water partition coefficient (Wildman–Crippen LogP) is 3.32. The number of hydrogen-bond acceptors (Lipinski definition) is 1. The molecule has 0 radical (unpaired) electrons. The Morgan fingerprint density at radius 3 is 2.46 bits per heavy atom. The molecule has 0 bridgehead atoms. The first-order valence-corrected chi connectivity index (χ1v) is 5.11. The van der Waals surface area contributed by atoms with Crippen molar-refractivity contribution in [2.24, 2.45) is 5.92 Å². The molecule has 0 saturated carbocycles. The van der Waals surface area contributed by atoms with E-state index in [0.717, 1.165) is 6.42 Å². The van der Waals surface area contributed by atoms with Crippen LogP contribution in [0.5, 0.6) is 0 Å². The van der Waals surface area contributed by atoms with Gasteiger partial charge in [0.2, 0.25) is 5.28 Å². The quantitative estimate of drug-likeness (QED) is 0.732. The third kappa shape index (κ3) is 2.47. The maximum Gasteiger partial charge on any atom is 0.203 e. The summed E-state index contributed by atoms with van der Waals surface area (Å²) in [6.07, 6.45) is 2.92. The Bertz CT molecular complexity index is 276. The summed E-state index contributed by atoms with van der Waals surface area (Å²) in [5, 5.41) is 0.602. The smallest absolute Gasteiger partial charge is 0.203 e. The van der Waals surface area contributed by atoms with E-state index in [4.69, 9.17) is 11.6 Å². The van der Waals surface area contributed by atoms with Crippen LogP contribution < -0.4 is 0 Å². The minimum absolute atomic E-state index is 0.392. The van der Waals surface area contributed by atoms with Gasteiger partial charge in [0, 0.05) is 17.9 Å². The standard InChI is InChI=1S/C10H17ClN2/c1-7(2)5-9-6-12-10(11)13(9)8(3)4/h6-8H,5H2,1-4H3. The molecule has 3 heteroatoms. The first-order valence-electron chi connectivity index (χ1n) is 4.74. The van der Waals surface area contributed by atoms with Crippen LogP contribution in [0.4, 0.5) is 0 Å². The highest BCUT2D eigenvalue weighted by Crippen LogP contribution is 2.19. The summed E-state index contributed by atoms with van der Waals surface area (Å²) in [6, 6.07) is 0.392. The monoisotopic (exact) mass is 200 g/mol. The van der Waals surface area contributed by atoms with Crippen molar-refractivity contribution < 1.29 is 0 Å². The Balaban J connectivity index is 2.94. The predicted molar refractivity (Wildman–Crippen MR) is 56.2 cm³/mol. The molecule has 74 valence electrons. The van der Waals surface area contributed by atoms with Crippen LogP contribution in [0.25, 0.3) is 0 Å². The van der Waals surface area contributed by atoms with Gasteiger partial charge in [0.05, 0.1) is 0 Å². The summed E-state index contributed by atoms with van der Waals surface area (Å²) in [7, 11) is 0. The van der Waals surface area contributed by atoms with Gasteiger partial charge >= 0.3 is 0 Å². The average molecular weight is 201 g/mol. The normalized spacial score (nSPS) is 11.6. The molecule has 0 spiro atoms. The second kappa shape index (κ2) is 4.14. The SMILES string of the molecule is CC(C)Cc1cnc(Cl)n1C(C)C. The van der Waals surface area contributed by atoms with E-state index < -0.39 is 0 Å². The summed E-state index contributed by atoms with van der Waals surface area (Å²) in [6.45, 7) is 8.64. The third-order valence-corrected chi connectivity index (χ3v) is 2.24. The van der Waals surface area contributed by atoms with Crippen LogP contribution in [-0.2, 0) is 6.42 Å². The van der Waals surface area contributed by atoms with Gasteiger partial charge in [-0.3, -0.25) is 0 Å². The molecule has 0 fully saturated rings. The number of halogens is 1. The van der Waals surface area contributed by atoms with Crippen molar-refractivity contribution in [3.8, 4) is 0 Å². The lowest BCUT2D eigenvalue weighted by Gasteiger charge is -2.14. The van der Waals surface area contributed by atoms with Gasteiger partial charge < -0.3 is 4.57 Å².